The maximum Gasteiger partial charge on any atom is 0.161 e. The Hall–Kier alpha value is -1.22. The second-order valence-corrected chi connectivity index (χ2v) is 4.98. The van der Waals surface area contributed by atoms with Gasteiger partial charge in [0, 0.05) is 6.54 Å². The summed E-state index contributed by atoms with van der Waals surface area (Å²) >= 11 is 0. The van der Waals surface area contributed by atoms with Crippen LogP contribution in [0.15, 0.2) is 24.3 Å². The van der Waals surface area contributed by atoms with E-state index in [1.165, 1.54) is 0 Å². The lowest BCUT2D eigenvalue weighted by atomic mass is 10.1. The molecule has 3 nitrogen and oxygen atoms in total. The lowest BCUT2D eigenvalue weighted by molar-refractivity contribution is 0.142. The van der Waals surface area contributed by atoms with Crippen molar-refractivity contribution >= 4 is 0 Å². The molecule has 0 heterocycles. The molecule has 0 amide bonds. The molecule has 0 aromatic heterocycles. The molecule has 0 aliphatic carbocycles. The van der Waals surface area contributed by atoms with Crippen molar-refractivity contribution in [1.29, 1.82) is 0 Å². The molecule has 3 heteroatoms. The number of rotatable bonds is 9. The number of ether oxygens (including phenoxy) is 2. The highest BCUT2D eigenvalue weighted by atomic mass is 16.5. The van der Waals surface area contributed by atoms with Crippen molar-refractivity contribution in [2.75, 3.05) is 19.7 Å². The van der Waals surface area contributed by atoms with Gasteiger partial charge in [-0.05, 0) is 37.9 Å². The molecule has 0 saturated heterocycles. The molecule has 108 valence electrons. The van der Waals surface area contributed by atoms with Crippen LogP contribution in [0.3, 0.4) is 0 Å². The zero-order chi connectivity index (χ0) is 14.1. The van der Waals surface area contributed by atoms with Gasteiger partial charge in [0.15, 0.2) is 11.5 Å². The van der Waals surface area contributed by atoms with E-state index in [1.807, 2.05) is 31.2 Å². The van der Waals surface area contributed by atoms with Crippen LogP contribution in [0, 0.1) is 5.92 Å². The molecule has 0 fully saturated rings. The molecule has 0 aliphatic heterocycles. The molecule has 1 aromatic rings. The first-order chi connectivity index (χ1) is 9.19. The Morgan fingerprint density at radius 1 is 1.11 bits per heavy atom. The van der Waals surface area contributed by atoms with Gasteiger partial charge in [-0.15, -0.1) is 0 Å². The van der Waals surface area contributed by atoms with E-state index < -0.39 is 0 Å². The van der Waals surface area contributed by atoms with E-state index in [4.69, 9.17) is 9.47 Å². The molecule has 0 aliphatic rings. The summed E-state index contributed by atoms with van der Waals surface area (Å²) in [6.07, 6.45) is 1.30. The topological polar surface area (TPSA) is 30.5 Å². The monoisotopic (exact) mass is 265 g/mol. The molecule has 1 N–H and O–H groups in total. The van der Waals surface area contributed by atoms with Gasteiger partial charge in [-0.3, -0.25) is 0 Å². The van der Waals surface area contributed by atoms with Crippen molar-refractivity contribution < 1.29 is 9.47 Å². The Morgan fingerprint density at radius 2 is 1.79 bits per heavy atom. The normalized spacial score (nSPS) is 12.5. The van der Waals surface area contributed by atoms with Crippen molar-refractivity contribution in [3.63, 3.8) is 0 Å². The van der Waals surface area contributed by atoms with Gasteiger partial charge < -0.3 is 14.8 Å². The average molecular weight is 265 g/mol. The maximum atomic E-state index is 6.12. The fourth-order valence-electron chi connectivity index (χ4n) is 1.82. The van der Waals surface area contributed by atoms with Crippen molar-refractivity contribution in [2.24, 2.45) is 5.92 Å². The third-order valence-corrected chi connectivity index (χ3v) is 2.94. The van der Waals surface area contributed by atoms with E-state index in [0.717, 1.165) is 31.0 Å². The second-order valence-electron chi connectivity index (χ2n) is 4.98. The first-order valence-electron chi connectivity index (χ1n) is 7.28. The summed E-state index contributed by atoms with van der Waals surface area (Å²) in [7, 11) is 0. The number of hydrogen-bond acceptors (Lipinski definition) is 3. The van der Waals surface area contributed by atoms with Gasteiger partial charge >= 0.3 is 0 Å². The van der Waals surface area contributed by atoms with Crippen molar-refractivity contribution in [3.8, 4) is 11.5 Å². The van der Waals surface area contributed by atoms with Crippen LogP contribution in [0.1, 0.15) is 34.1 Å². The fourth-order valence-corrected chi connectivity index (χ4v) is 1.82. The second kappa shape index (κ2) is 8.81. The van der Waals surface area contributed by atoms with Gasteiger partial charge in [0.1, 0.15) is 6.10 Å². The van der Waals surface area contributed by atoms with Crippen LogP contribution in [-0.4, -0.2) is 25.8 Å². The summed E-state index contributed by atoms with van der Waals surface area (Å²) in [6.45, 7) is 11.1. The van der Waals surface area contributed by atoms with E-state index in [1.54, 1.807) is 0 Å². The van der Waals surface area contributed by atoms with Crippen molar-refractivity contribution in [1.82, 2.24) is 5.32 Å². The van der Waals surface area contributed by atoms with Crippen LogP contribution in [0.2, 0.25) is 0 Å². The predicted octanol–water partition coefficient (Wildman–Crippen LogP) is 3.49. The highest BCUT2D eigenvalue weighted by Gasteiger charge is 2.16. The largest absolute Gasteiger partial charge is 0.490 e. The minimum atomic E-state index is 0.160. The first-order valence-corrected chi connectivity index (χ1v) is 7.28. The van der Waals surface area contributed by atoms with E-state index in [0.29, 0.717) is 12.5 Å². The third-order valence-electron chi connectivity index (χ3n) is 2.94. The highest BCUT2D eigenvalue weighted by Crippen LogP contribution is 2.28. The van der Waals surface area contributed by atoms with E-state index in [-0.39, 0.29) is 6.10 Å². The Bertz CT molecular complexity index is 352. The van der Waals surface area contributed by atoms with E-state index in [2.05, 4.69) is 26.1 Å². The molecular formula is C16H27NO2. The summed E-state index contributed by atoms with van der Waals surface area (Å²) in [5.41, 5.74) is 0. The van der Waals surface area contributed by atoms with Gasteiger partial charge in [-0.1, -0.05) is 32.9 Å². The highest BCUT2D eigenvalue weighted by molar-refractivity contribution is 5.39. The fraction of sp³-hybridized carbons (Fsp3) is 0.625. The predicted molar refractivity (Wildman–Crippen MR) is 80.0 cm³/mol. The summed E-state index contributed by atoms with van der Waals surface area (Å²) < 4.78 is 11.7. The van der Waals surface area contributed by atoms with E-state index in [9.17, 15) is 0 Å². The Balaban J connectivity index is 2.67. The Kier molecular flexibility index (Phi) is 7.34. The van der Waals surface area contributed by atoms with Gasteiger partial charge in [0.2, 0.25) is 0 Å². The molecule has 0 spiro atoms. The molecule has 1 aromatic carbocycles. The smallest absolute Gasteiger partial charge is 0.161 e. The third kappa shape index (κ3) is 5.52. The molecule has 0 saturated carbocycles. The molecule has 0 radical (unpaired) electrons. The standard InChI is InChI=1S/C16H27NO2/c1-5-11-17-12-16(13(3)4)19-15-10-8-7-9-14(15)18-6-2/h7-10,13,16-17H,5-6,11-12H2,1-4H3. The maximum absolute atomic E-state index is 6.12. The zero-order valence-corrected chi connectivity index (χ0v) is 12.6. The summed E-state index contributed by atoms with van der Waals surface area (Å²) in [5, 5.41) is 3.42. The van der Waals surface area contributed by atoms with Crippen LogP contribution in [0.4, 0.5) is 0 Å². The van der Waals surface area contributed by atoms with Crippen LogP contribution in [0.25, 0.3) is 0 Å². The van der Waals surface area contributed by atoms with Crippen LogP contribution < -0.4 is 14.8 Å². The summed E-state index contributed by atoms with van der Waals surface area (Å²) in [6, 6.07) is 7.88. The Labute approximate surface area is 117 Å². The Morgan fingerprint density at radius 3 is 2.37 bits per heavy atom. The molecule has 1 rings (SSSR count). The SMILES string of the molecule is CCCNCC(Oc1ccccc1OCC)C(C)C. The van der Waals surface area contributed by atoms with Crippen LogP contribution in [-0.2, 0) is 0 Å². The summed E-state index contributed by atoms with van der Waals surface area (Å²) in [5.74, 6) is 2.12. The number of benzene rings is 1. The molecule has 19 heavy (non-hydrogen) atoms. The lowest BCUT2D eigenvalue weighted by Crippen LogP contribution is -2.35. The summed E-state index contributed by atoms with van der Waals surface area (Å²) in [4.78, 5) is 0. The number of para-hydroxylation sites is 2. The van der Waals surface area contributed by atoms with Crippen molar-refractivity contribution in [2.45, 2.75) is 40.2 Å². The quantitative estimate of drug-likeness (QED) is 0.693. The minimum Gasteiger partial charge on any atom is -0.490 e. The number of hydrogen-bond donors (Lipinski definition) is 1. The van der Waals surface area contributed by atoms with Crippen LogP contribution >= 0.6 is 0 Å². The van der Waals surface area contributed by atoms with Gasteiger partial charge in [0.05, 0.1) is 6.61 Å². The van der Waals surface area contributed by atoms with E-state index >= 15 is 0 Å². The van der Waals surface area contributed by atoms with Crippen LogP contribution in [0.5, 0.6) is 11.5 Å². The van der Waals surface area contributed by atoms with Crippen molar-refractivity contribution in [3.05, 3.63) is 24.3 Å². The van der Waals surface area contributed by atoms with Gasteiger partial charge in [-0.2, -0.15) is 0 Å². The molecule has 1 atom stereocenters. The lowest BCUT2D eigenvalue weighted by Gasteiger charge is -2.24. The molecule has 0 bridgehead atoms. The zero-order valence-electron chi connectivity index (χ0n) is 12.6. The molecule has 1 unspecified atom stereocenters. The average Bonchev–Trinajstić information content (AvgIpc) is 2.40. The first kappa shape index (κ1) is 15.8. The molecular weight excluding hydrogens is 238 g/mol. The van der Waals surface area contributed by atoms with Gasteiger partial charge in [-0.25, -0.2) is 0 Å². The minimum absolute atomic E-state index is 0.160. The van der Waals surface area contributed by atoms with Gasteiger partial charge in [0.25, 0.3) is 0 Å². The number of nitrogens with one attached hydrogen (secondary N) is 1.